The topological polar surface area (TPSA) is 276 Å². The summed E-state index contributed by atoms with van der Waals surface area (Å²) in [6, 6.07) is 4.47. The summed E-state index contributed by atoms with van der Waals surface area (Å²) >= 11 is 0. The first-order chi connectivity index (χ1) is 21.2. The van der Waals surface area contributed by atoms with Crippen molar-refractivity contribution >= 4 is 46.5 Å². The Morgan fingerprint density at radius 1 is 0.867 bits per heavy atom. The molecule has 0 aliphatic heterocycles. The first-order valence-corrected chi connectivity index (χ1v) is 14.7. The molecule has 248 valence electrons. The number of nitrogens with one attached hydrogen (secondary N) is 9. The molecule has 1 aromatic heterocycles. The normalized spacial score (nSPS) is 13.2. The molecule has 2 aromatic rings. The third-order valence-electron chi connectivity index (χ3n) is 6.68. The zero-order valence-corrected chi connectivity index (χ0v) is 26.0. The zero-order valence-electron chi connectivity index (χ0n) is 26.0. The van der Waals surface area contributed by atoms with Crippen LogP contribution in [0.3, 0.4) is 0 Å². The molecule has 1 heterocycles. The summed E-state index contributed by atoms with van der Waals surface area (Å²) in [7, 11) is 0. The predicted octanol–water partition coefficient (Wildman–Crippen LogP) is -0.836. The van der Waals surface area contributed by atoms with Crippen LogP contribution in [0.1, 0.15) is 52.0 Å². The minimum atomic E-state index is -1.23. The van der Waals surface area contributed by atoms with Gasteiger partial charge in [0.2, 0.25) is 17.7 Å². The van der Waals surface area contributed by atoms with Gasteiger partial charge in [0.1, 0.15) is 12.1 Å². The van der Waals surface area contributed by atoms with Gasteiger partial charge in [0.05, 0.1) is 12.6 Å². The van der Waals surface area contributed by atoms with E-state index in [1.807, 2.05) is 45.0 Å². The number of para-hydroxylation sites is 1. The van der Waals surface area contributed by atoms with Gasteiger partial charge in [-0.05, 0) is 58.1 Å². The van der Waals surface area contributed by atoms with Crippen molar-refractivity contribution < 1.29 is 24.3 Å². The van der Waals surface area contributed by atoms with Crippen molar-refractivity contribution in [3.63, 3.8) is 0 Å². The van der Waals surface area contributed by atoms with Crippen LogP contribution < -0.4 is 43.4 Å². The molecule has 0 fully saturated rings. The van der Waals surface area contributed by atoms with E-state index in [0.717, 1.165) is 16.5 Å². The number of fused-ring (bicyclic) bond motifs is 1. The lowest BCUT2D eigenvalue weighted by Gasteiger charge is -2.29. The number of hydrogen-bond acceptors (Lipinski definition) is 7. The Kier molecular flexibility index (Phi) is 14.1. The summed E-state index contributed by atoms with van der Waals surface area (Å²) in [5.74, 6) is -3.39. The van der Waals surface area contributed by atoms with Gasteiger partial charge in [0, 0.05) is 42.1 Å². The Balaban J connectivity index is 2.05. The van der Waals surface area contributed by atoms with Crippen LogP contribution in [0, 0.1) is 10.8 Å². The summed E-state index contributed by atoms with van der Waals surface area (Å²) in [6.07, 6.45) is 3.18. The van der Waals surface area contributed by atoms with Crippen molar-refractivity contribution in [2.24, 2.45) is 11.5 Å². The van der Waals surface area contributed by atoms with Gasteiger partial charge in [-0.3, -0.25) is 25.2 Å². The molecular formula is C29H47N11O5. The van der Waals surface area contributed by atoms with Crippen LogP contribution in [0.2, 0.25) is 0 Å². The van der Waals surface area contributed by atoms with E-state index in [2.05, 4.69) is 36.9 Å². The number of guanidine groups is 2. The molecule has 0 aliphatic carbocycles. The Labute approximate surface area is 262 Å². The number of aliphatic carboxylic acids is 1. The van der Waals surface area contributed by atoms with Gasteiger partial charge in [0.15, 0.2) is 11.9 Å². The molecule has 16 nitrogen and oxygen atoms in total. The molecule has 0 radical (unpaired) electrons. The van der Waals surface area contributed by atoms with E-state index in [1.165, 1.54) is 0 Å². The van der Waals surface area contributed by atoms with Crippen LogP contribution in [0.4, 0.5) is 0 Å². The van der Waals surface area contributed by atoms with Crippen LogP contribution in [-0.4, -0.2) is 89.0 Å². The predicted molar refractivity (Wildman–Crippen MR) is 171 cm³/mol. The molecule has 45 heavy (non-hydrogen) atoms. The number of hydrogen-bond donors (Lipinski definition) is 12. The second-order valence-corrected chi connectivity index (χ2v) is 11.7. The average Bonchev–Trinajstić information content (AvgIpc) is 3.36. The van der Waals surface area contributed by atoms with Crippen LogP contribution >= 0.6 is 0 Å². The molecule has 0 aliphatic rings. The maximum Gasteiger partial charge on any atom is 0.326 e. The van der Waals surface area contributed by atoms with E-state index in [-0.39, 0.29) is 31.3 Å². The number of rotatable bonds is 18. The molecule has 0 bridgehead atoms. The number of carboxylic acid groups (broad SMARTS) is 1. The minimum Gasteiger partial charge on any atom is -0.480 e. The fourth-order valence-electron chi connectivity index (χ4n) is 4.65. The summed E-state index contributed by atoms with van der Waals surface area (Å²) in [4.78, 5) is 54.3. The van der Waals surface area contributed by atoms with Crippen LogP contribution in [0.25, 0.3) is 10.9 Å². The largest absolute Gasteiger partial charge is 0.480 e. The quantitative estimate of drug-likeness (QED) is 0.0552. The highest BCUT2D eigenvalue weighted by molar-refractivity contribution is 5.93. The van der Waals surface area contributed by atoms with Crippen molar-refractivity contribution in [1.82, 2.24) is 36.9 Å². The molecule has 1 aromatic carbocycles. The van der Waals surface area contributed by atoms with Crippen molar-refractivity contribution in [3.05, 3.63) is 36.0 Å². The molecule has 2 rings (SSSR count). The number of aromatic amines is 1. The van der Waals surface area contributed by atoms with Gasteiger partial charge in [-0.25, -0.2) is 4.79 Å². The number of carbonyl (C=O) groups is 4. The highest BCUT2D eigenvalue weighted by Gasteiger charge is 2.29. The van der Waals surface area contributed by atoms with E-state index >= 15 is 0 Å². The van der Waals surface area contributed by atoms with Gasteiger partial charge in [-0.1, -0.05) is 18.2 Å². The number of carbonyl (C=O) groups excluding carboxylic acids is 3. The Hall–Kier alpha value is -4.86. The second-order valence-electron chi connectivity index (χ2n) is 11.7. The molecule has 0 saturated carbocycles. The number of carboxylic acids is 1. The first-order valence-electron chi connectivity index (χ1n) is 14.7. The number of amides is 3. The molecule has 3 amide bonds. The van der Waals surface area contributed by atoms with Gasteiger partial charge >= 0.3 is 5.97 Å². The van der Waals surface area contributed by atoms with Gasteiger partial charge < -0.3 is 53.5 Å². The molecule has 16 heteroatoms. The lowest BCUT2D eigenvalue weighted by molar-refractivity contribution is -0.141. The average molecular weight is 630 g/mol. The first kappa shape index (κ1) is 36.3. The summed E-state index contributed by atoms with van der Waals surface area (Å²) in [6.45, 7) is 5.87. The van der Waals surface area contributed by atoms with Gasteiger partial charge in [-0.2, -0.15) is 0 Å². The van der Waals surface area contributed by atoms with Crippen molar-refractivity contribution in [1.29, 1.82) is 10.8 Å². The van der Waals surface area contributed by atoms with E-state index in [1.54, 1.807) is 6.20 Å². The van der Waals surface area contributed by atoms with E-state index in [9.17, 15) is 24.3 Å². The lowest BCUT2D eigenvalue weighted by Crippen LogP contribution is -2.57. The van der Waals surface area contributed by atoms with Gasteiger partial charge in [0.25, 0.3) is 0 Å². The fraction of sp³-hybridized carbons (Fsp3) is 0.517. The summed E-state index contributed by atoms with van der Waals surface area (Å²) < 4.78 is 0. The Bertz CT molecular complexity index is 1340. The van der Waals surface area contributed by atoms with E-state index in [0.29, 0.717) is 25.8 Å². The molecular weight excluding hydrogens is 582 g/mol. The van der Waals surface area contributed by atoms with Crippen LogP contribution in [0.5, 0.6) is 0 Å². The number of nitrogens with two attached hydrogens (primary N) is 2. The van der Waals surface area contributed by atoms with E-state index < -0.39 is 53.9 Å². The van der Waals surface area contributed by atoms with E-state index in [4.69, 9.17) is 22.3 Å². The van der Waals surface area contributed by atoms with Crippen LogP contribution in [0.15, 0.2) is 30.5 Å². The van der Waals surface area contributed by atoms with Crippen molar-refractivity contribution in [3.8, 4) is 0 Å². The molecule has 0 spiro atoms. The van der Waals surface area contributed by atoms with Gasteiger partial charge in [-0.15, -0.1) is 0 Å². The highest BCUT2D eigenvalue weighted by Crippen LogP contribution is 2.19. The SMILES string of the molecule is CC(C)(C)N[C@@H](CCCNC(=N)N)C(=O)N[C@@H](CCCNC(=N)N)C(=O)NCC(=O)N[C@@H](Cc1c[nH]c2ccccc12)C(=O)O. The molecule has 14 N–H and O–H groups in total. The maximum absolute atomic E-state index is 13.4. The number of benzene rings is 1. The number of aromatic nitrogens is 1. The Morgan fingerprint density at radius 2 is 1.47 bits per heavy atom. The minimum absolute atomic E-state index is 0.0327. The Morgan fingerprint density at radius 3 is 2.04 bits per heavy atom. The van der Waals surface area contributed by atoms with Crippen molar-refractivity contribution in [2.45, 2.75) is 76.5 Å². The monoisotopic (exact) mass is 629 g/mol. The third kappa shape index (κ3) is 13.5. The summed E-state index contributed by atoms with van der Waals surface area (Å²) in [5, 5.41) is 41.5. The highest BCUT2D eigenvalue weighted by atomic mass is 16.4. The number of H-pyrrole nitrogens is 1. The smallest absolute Gasteiger partial charge is 0.326 e. The zero-order chi connectivity index (χ0) is 33.6. The molecule has 0 unspecified atom stereocenters. The summed E-state index contributed by atoms with van der Waals surface area (Å²) in [5.41, 5.74) is 11.8. The molecule has 3 atom stereocenters. The maximum atomic E-state index is 13.4. The van der Waals surface area contributed by atoms with Crippen molar-refractivity contribution in [2.75, 3.05) is 19.6 Å². The lowest BCUT2D eigenvalue weighted by atomic mass is 10.0. The second kappa shape index (κ2) is 17.4. The third-order valence-corrected chi connectivity index (χ3v) is 6.68. The molecule has 0 saturated heterocycles. The fourth-order valence-corrected chi connectivity index (χ4v) is 4.65. The standard InChI is InChI=1S/C29H47N11O5/c1-29(2,3)40-21(11-7-13-35-28(32)33)25(43)39-20(10-6-12-34-27(30)31)24(42)37-16-23(41)38-22(26(44)45)14-17-15-36-19-9-5-4-8-18(17)19/h4-5,8-9,15,20-22,36,40H,6-7,10-14,16H2,1-3H3,(H,37,42)(H,38,41)(H,39,43)(H,44,45)(H4,30,31,34)(H4,32,33,35)/t20-,21-,22-/m0/s1. The van der Waals surface area contributed by atoms with Crippen LogP contribution in [-0.2, 0) is 25.6 Å².